The number of hydrogen-bond acceptors (Lipinski definition) is 3. The summed E-state index contributed by atoms with van der Waals surface area (Å²) in [6, 6.07) is 9.69. The van der Waals surface area contributed by atoms with Gasteiger partial charge >= 0.3 is 0 Å². The van der Waals surface area contributed by atoms with Gasteiger partial charge in [0.05, 0.1) is 11.5 Å². The number of aromatic nitrogens is 1. The number of carbonyl (C=O) groups excluding carboxylic acids is 1. The molecule has 0 spiro atoms. The van der Waals surface area contributed by atoms with Crippen LogP contribution in [0.2, 0.25) is 0 Å². The number of aryl methyl sites for hydroxylation is 1. The fourth-order valence-electron chi connectivity index (χ4n) is 2.29. The first-order valence-corrected chi connectivity index (χ1v) is 7.85. The lowest BCUT2D eigenvalue weighted by atomic mass is 10.1. The maximum Gasteiger partial charge on any atom is 0.205 e. The van der Waals surface area contributed by atoms with Gasteiger partial charge in [0.25, 0.3) is 0 Å². The van der Waals surface area contributed by atoms with Crippen molar-refractivity contribution in [2.24, 2.45) is 0 Å². The molecule has 0 unspecified atom stereocenters. The van der Waals surface area contributed by atoms with Crippen LogP contribution in [0.1, 0.15) is 33.5 Å². The third-order valence-corrected chi connectivity index (χ3v) is 4.33. The van der Waals surface area contributed by atoms with Gasteiger partial charge in [-0.05, 0) is 43.7 Å². The number of nitrogens with one attached hydrogen (secondary N) is 1. The second kappa shape index (κ2) is 5.74. The summed E-state index contributed by atoms with van der Waals surface area (Å²) in [5, 5.41) is 0.916. The molecule has 0 radical (unpaired) electrons. The molecule has 0 aliphatic rings. The van der Waals surface area contributed by atoms with Crippen molar-refractivity contribution in [1.29, 1.82) is 0 Å². The number of benzene rings is 1. The van der Waals surface area contributed by atoms with E-state index >= 15 is 0 Å². The lowest BCUT2D eigenvalue weighted by Crippen LogP contribution is -1.98. The monoisotopic (exact) mass is 299 g/mol. The maximum atomic E-state index is 12.6. The van der Waals surface area contributed by atoms with Crippen LogP contribution in [0, 0.1) is 6.92 Å². The van der Waals surface area contributed by atoms with E-state index in [1.54, 1.807) is 6.20 Å². The second-order valence-electron chi connectivity index (χ2n) is 5.00. The summed E-state index contributed by atoms with van der Waals surface area (Å²) < 4.78 is 5.65. The van der Waals surface area contributed by atoms with Crippen molar-refractivity contribution in [3.05, 3.63) is 51.8 Å². The lowest BCUT2D eigenvalue weighted by Gasteiger charge is -2.04. The molecule has 0 bridgehead atoms. The predicted molar refractivity (Wildman–Crippen MR) is 86.6 cm³/mol. The standard InChI is InChI=1S/C17H17NO2S/c1-3-8-20-12-5-6-15-13(9-12)14(10-18-15)17(19)16-7-4-11(2)21-16/h4-7,9-10,18H,3,8H2,1-2H3. The molecule has 0 atom stereocenters. The normalized spacial score (nSPS) is 11.0. The van der Waals surface area contributed by atoms with Crippen LogP contribution < -0.4 is 4.74 Å². The number of ketones is 1. The van der Waals surface area contributed by atoms with Crippen LogP contribution in [-0.4, -0.2) is 17.4 Å². The molecular formula is C17H17NO2S. The summed E-state index contributed by atoms with van der Waals surface area (Å²) in [4.78, 5) is 17.7. The van der Waals surface area contributed by atoms with Crippen LogP contribution in [0.3, 0.4) is 0 Å². The Kier molecular flexibility index (Phi) is 3.80. The van der Waals surface area contributed by atoms with E-state index in [0.29, 0.717) is 12.2 Å². The van der Waals surface area contributed by atoms with E-state index in [-0.39, 0.29) is 5.78 Å². The largest absolute Gasteiger partial charge is 0.494 e. The van der Waals surface area contributed by atoms with Crippen LogP contribution in [-0.2, 0) is 0 Å². The first kappa shape index (κ1) is 13.9. The molecule has 3 rings (SSSR count). The summed E-state index contributed by atoms with van der Waals surface area (Å²) in [7, 11) is 0. The molecule has 4 heteroatoms. The van der Waals surface area contributed by atoms with E-state index in [1.165, 1.54) is 11.3 Å². The number of aromatic amines is 1. The Morgan fingerprint density at radius 2 is 2.14 bits per heavy atom. The van der Waals surface area contributed by atoms with Crippen molar-refractivity contribution in [2.45, 2.75) is 20.3 Å². The van der Waals surface area contributed by atoms with Gasteiger partial charge in [-0.1, -0.05) is 6.92 Å². The quantitative estimate of drug-likeness (QED) is 0.702. The number of fused-ring (bicyclic) bond motifs is 1. The second-order valence-corrected chi connectivity index (χ2v) is 6.29. The minimum absolute atomic E-state index is 0.0620. The molecular weight excluding hydrogens is 282 g/mol. The first-order chi connectivity index (χ1) is 10.2. The van der Waals surface area contributed by atoms with Gasteiger partial charge in [-0.25, -0.2) is 0 Å². The topological polar surface area (TPSA) is 42.1 Å². The van der Waals surface area contributed by atoms with Gasteiger partial charge in [-0.2, -0.15) is 0 Å². The number of H-pyrrole nitrogens is 1. The molecule has 3 nitrogen and oxygen atoms in total. The van der Waals surface area contributed by atoms with Crippen molar-refractivity contribution >= 4 is 28.0 Å². The highest BCUT2D eigenvalue weighted by Crippen LogP contribution is 2.27. The van der Waals surface area contributed by atoms with Crippen molar-refractivity contribution in [1.82, 2.24) is 4.98 Å². The molecule has 21 heavy (non-hydrogen) atoms. The Labute approximate surface area is 127 Å². The van der Waals surface area contributed by atoms with Gasteiger partial charge in [-0.15, -0.1) is 11.3 Å². The van der Waals surface area contributed by atoms with Crippen LogP contribution in [0.5, 0.6) is 5.75 Å². The van der Waals surface area contributed by atoms with Gasteiger partial charge in [0, 0.05) is 27.5 Å². The van der Waals surface area contributed by atoms with Crippen molar-refractivity contribution in [3.8, 4) is 5.75 Å². The average molecular weight is 299 g/mol. The molecule has 1 N–H and O–H groups in total. The molecule has 0 aliphatic heterocycles. The molecule has 0 saturated heterocycles. The molecule has 2 heterocycles. The molecule has 1 aromatic carbocycles. The number of thiophene rings is 1. The zero-order chi connectivity index (χ0) is 14.8. The van der Waals surface area contributed by atoms with Crippen molar-refractivity contribution in [3.63, 3.8) is 0 Å². The minimum atomic E-state index is 0.0620. The molecule has 0 aliphatic carbocycles. The van der Waals surface area contributed by atoms with Crippen LogP contribution >= 0.6 is 11.3 Å². The fraction of sp³-hybridized carbons (Fsp3) is 0.235. The highest BCUT2D eigenvalue weighted by Gasteiger charge is 2.16. The van der Waals surface area contributed by atoms with Crippen LogP contribution in [0.25, 0.3) is 10.9 Å². The first-order valence-electron chi connectivity index (χ1n) is 7.04. The van der Waals surface area contributed by atoms with E-state index in [2.05, 4.69) is 11.9 Å². The van der Waals surface area contributed by atoms with Crippen LogP contribution in [0.4, 0.5) is 0 Å². The zero-order valence-corrected chi connectivity index (χ0v) is 12.9. The summed E-state index contributed by atoms with van der Waals surface area (Å²) in [5.41, 5.74) is 1.66. The summed E-state index contributed by atoms with van der Waals surface area (Å²) in [6.45, 7) is 4.76. The molecule has 3 aromatic rings. The number of carbonyl (C=O) groups is 1. The molecule has 0 fully saturated rings. The summed E-state index contributed by atoms with van der Waals surface area (Å²) in [5.74, 6) is 0.868. The van der Waals surface area contributed by atoms with E-state index in [1.807, 2.05) is 37.3 Å². The van der Waals surface area contributed by atoms with Gasteiger partial charge < -0.3 is 9.72 Å². The van der Waals surface area contributed by atoms with Gasteiger partial charge in [-0.3, -0.25) is 4.79 Å². The number of ether oxygens (including phenoxy) is 1. The lowest BCUT2D eigenvalue weighted by molar-refractivity contribution is 0.104. The molecule has 108 valence electrons. The Morgan fingerprint density at radius 1 is 1.29 bits per heavy atom. The van der Waals surface area contributed by atoms with Crippen molar-refractivity contribution < 1.29 is 9.53 Å². The van der Waals surface area contributed by atoms with Crippen molar-refractivity contribution in [2.75, 3.05) is 6.61 Å². The number of rotatable bonds is 5. The van der Waals surface area contributed by atoms with Gasteiger partial charge in [0.2, 0.25) is 5.78 Å². The average Bonchev–Trinajstić information content (AvgIpc) is 3.10. The number of hydrogen-bond donors (Lipinski definition) is 1. The predicted octanol–water partition coefficient (Wildman–Crippen LogP) is 4.56. The third kappa shape index (κ3) is 2.72. The van der Waals surface area contributed by atoms with E-state index < -0.39 is 0 Å². The molecule has 2 aromatic heterocycles. The van der Waals surface area contributed by atoms with E-state index in [9.17, 15) is 4.79 Å². The maximum absolute atomic E-state index is 12.6. The summed E-state index contributed by atoms with van der Waals surface area (Å²) >= 11 is 1.53. The third-order valence-electron chi connectivity index (χ3n) is 3.33. The van der Waals surface area contributed by atoms with Gasteiger partial charge in [0.15, 0.2) is 0 Å². The highest BCUT2D eigenvalue weighted by molar-refractivity contribution is 7.14. The molecule has 0 saturated carbocycles. The summed E-state index contributed by atoms with van der Waals surface area (Å²) in [6.07, 6.45) is 2.75. The van der Waals surface area contributed by atoms with E-state index in [4.69, 9.17) is 4.74 Å². The molecule has 0 amide bonds. The van der Waals surface area contributed by atoms with Gasteiger partial charge in [0.1, 0.15) is 5.75 Å². The Morgan fingerprint density at radius 3 is 2.86 bits per heavy atom. The van der Waals surface area contributed by atoms with Crippen LogP contribution in [0.15, 0.2) is 36.5 Å². The van der Waals surface area contributed by atoms with E-state index in [0.717, 1.165) is 32.8 Å². The fourth-order valence-corrected chi connectivity index (χ4v) is 3.11. The zero-order valence-electron chi connectivity index (χ0n) is 12.1. The smallest absolute Gasteiger partial charge is 0.205 e. The Hall–Kier alpha value is -2.07. The Balaban J connectivity index is 2.00. The minimum Gasteiger partial charge on any atom is -0.494 e. The highest BCUT2D eigenvalue weighted by atomic mass is 32.1. The Bertz CT molecular complexity index is 785. The SMILES string of the molecule is CCCOc1ccc2[nH]cc(C(=O)c3ccc(C)s3)c2c1.